The van der Waals surface area contributed by atoms with E-state index in [0.29, 0.717) is 6.54 Å². The van der Waals surface area contributed by atoms with E-state index in [0.717, 1.165) is 36.7 Å². The molecule has 1 heterocycles. The zero-order valence-electron chi connectivity index (χ0n) is 12.3. The lowest BCUT2D eigenvalue weighted by molar-refractivity contribution is 0.327. The first kappa shape index (κ1) is 14.7. The molecular weight excluding hydrogens is 250 g/mol. The van der Waals surface area contributed by atoms with Crippen molar-refractivity contribution in [2.45, 2.75) is 39.7 Å². The molecular formula is C16H23N3O. The maximum absolute atomic E-state index is 11.7. The lowest BCUT2D eigenvalue weighted by Crippen LogP contribution is -2.23. The third-order valence-corrected chi connectivity index (χ3v) is 3.79. The van der Waals surface area contributed by atoms with Crippen molar-refractivity contribution in [3.05, 3.63) is 40.7 Å². The van der Waals surface area contributed by atoms with Gasteiger partial charge in [-0.05, 0) is 36.9 Å². The Bertz CT molecular complexity index is 631. The van der Waals surface area contributed by atoms with Gasteiger partial charge in [0.15, 0.2) is 0 Å². The van der Waals surface area contributed by atoms with Gasteiger partial charge in [0.25, 0.3) is 0 Å². The third-order valence-electron chi connectivity index (χ3n) is 3.79. The predicted molar refractivity (Wildman–Crippen MR) is 82.7 cm³/mol. The summed E-state index contributed by atoms with van der Waals surface area (Å²) in [5.74, 6) is 0. The zero-order chi connectivity index (χ0) is 14.6. The molecule has 108 valence electrons. The summed E-state index contributed by atoms with van der Waals surface area (Å²) in [5.41, 5.74) is 6.85. The summed E-state index contributed by atoms with van der Waals surface area (Å²) in [4.78, 5) is 11.7. The summed E-state index contributed by atoms with van der Waals surface area (Å²) in [6.45, 7) is 5.94. The molecule has 0 unspecified atom stereocenters. The number of rotatable bonds is 6. The van der Waals surface area contributed by atoms with Gasteiger partial charge in [-0.2, -0.15) is 5.10 Å². The molecule has 1 aromatic heterocycles. The summed E-state index contributed by atoms with van der Waals surface area (Å²) in [7, 11) is 0. The van der Waals surface area contributed by atoms with Crippen LogP contribution in [0.1, 0.15) is 33.1 Å². The Hall–Kier alpha value is -1.68. The van der Waals surface area contributed by atoms with Gasteiger partial charge in [0.05, 0.1) is 11.7 Å². The number of nitrogens with two attached hydrogens (primary N) is 1. The molecule has 2 rings (SSSR count). The summed E-state index contributed by atoms with van der Waals surface area (Å²) in [6.07, 6.45) is 4.68. The summed E-state index contributed by atoms with van der Waals surface area (Å²) in [5, 5.41) is 4.98. The van der Waals surface area contributed by atoms with Crippen molar-refractivity contribution in [2.75, 3.05) is 6.54 Å². The number of unbranched alkanes of at least 4 members (excludes halogenated alkanes) is 1. The van der Waals surface area contributed by atoms with Gasteiger partial charge in [-0.25, -0.2) is 0 Å². The molecule has 0 aliphatic rings. The van der Waals surface area contributed by atoms with Crippen LogP contribution in [0.15, 0.2) is 35.3 Å². The van der Waals surface area contributed by atoms with E-state index in [1.54, 1.807) is 0 Å². The normalized spacial score (nSPS) is 11.9. The molecule has 0 amide bonds. The number of benzene rings is 1. The number of para-hydroxylation sites is 1. The fourth-order valence-corrected chi connectivity index (χ4v) is 2.31. The lowest BCUT2D eigenvalue weighted by Gasteiger charge is -2.22. The van der Waals surface area contributed by atoms with Gasteiger partial charge in [0.1, 0.15) is 0 Å². The van der Waals surface area contributed by atoms with Crippen molar-refractivity contribution in [1.29, 1.82) is 0 Å². The van der Waals surface area contributed by atoms with Gasteiger partial charge in [-0.15, -0.1) is 0 Å². The van der Waals surface area contributed by atoms with Crippen LogP contribution >= 0.6 is 0 Å². The first-order valence-electron chi connectivity index (χ1n) is 7.18. The van der Waals surface area contributed by atoms with Crippen LogP contribution in [0.5, 0.6) is 0 Å². The molecule has 20 heavy (non-hydrogen) atoms. The van der Waals surface area contributed by atoms with Gasteiger partial charge < -0.3 is 5.73 Å². The SMILES string of the molecule is CC(C)(CN)CCCCn1ncc(=O)c2ccccc21. The van der Waals surface area contributed by atoms with Gasteiger partial charge in [0, 0.05) is 11.9 Å². The van der Waals surface area contributed by atoms with E-state index in [1.165, 1.54) is 6.20 Å². The highest BCUT2D eigenvalue weighted by Gasteiger charge is 2.14. The molecule has 0 bridgehead atoms. The Morgan fingerprint density at radius 1 is 1.25 bits per heavy atom. The highest BCUT2D eigenvalue weighted by molar-refractivity contribution is 5.77. The second-order valence-electron chi connectivity index (χ2n) is 6.07. The summed E-state index contributed by atoms with van der Waals surface area (Å²) < 4.78 is 1.92. The maximum atomic E-state index is 11.7. The molecule has 4 heteroatoms. The molecule has 0 aliphatic heterocycles. The molecule has 0 spiro atoms. The van der Waals surface area contributed by atoms with E-state index >= 15 is 0 Å². The van der Waals surface area contributed by atoms with Crippen LogP contribution in [0.25, 0.3) is 10.9 Å². The number of hydrogen-bond donors (Lipinski definition) is 1. The van der Waals surface area contributed by atoms with Crippen LogP contribution in [-0.2, 0) is 6.54 Å². The molecule has 1 aromatic carbocycles. The zero-order valence-corrected chi connectivity index (χ0v) is 12.3. The minimum Gasteiger partial charge on any atom is -0.330 e. The van der Waals surface area contributed by atoms with E-state index < -0.39 is 0 Å². The smallest absolute Gasteiger partial charge is 0.207 e. The largest absolute Gasteiger partial charge is 0.330 e. The average Bonchev–Trinajstić information content (AvgIpc) is 2.46. The van der Waals surface area contributed by atoms with Crippen molar-refractivity contribution < 1.29 is 0 Å². The van der Waals surface area contributed by atoms with Crippen molar-refractivity contribution in [3.63, 3.8) is 0 Å². The molecule has 0 aliphatic carbocycles. The first-order valence-corrected chi connectivity index (χ1v) is 7.18. The molecule has 0 fully saturated rings. The Kier molecular flexibility index (Phi) is 4.55. The Morgan fingerprint density at radius 2 is 2.00 bits per heavy atom. The number of fused-ring (bicyclic) bond motifs is 1. The monoisotopic (exact) mass is 273 g/mol. The third kappa shape index (κ3) is 3.45. The fourth-order valence-electron chi connectivity index (χ4n) is 2.31. The predicted octanol–water partition coefficient (Wildman–Crippen LogP) is 2.55. The molecule has 0 radical (unpaired) electrons. The molecule has 0 saturated heterocycles. The molecule has 0 saturated carbocycles. The Labute approximate surface area is 119 Å². The number of nitrogens with zero attached hydrogens (tertiary/aromatic N) is 2. The van der Waals surface area contributed by atoms with Crippen LogP contribution < -0.4 is 11.2 Å². The van der Waals surface area contributed by atoms with Gasteiger partial charge in [-0.3, -0.25) is 9.48 Å². The number of hydrogen-bond acceptors (Lipinski definition) is 3. The van der Waals surface area contributed by atoms with Crippen LogP contribution in [0, 0.1) is 5.41 Å². The second kappa shape index (κ2) is 6.18. The molecule has 0 atom stereocenters. The quantitative estimate of drug-likeness (QED) is 0.823. The average molecular weight is 273 g/mol. The number of aryl methyl sites for hydroxylation is 1. The first-order chi connectivity index (χ1) is 9.53. The van der Waals surface area contributed by atoms with E-state index in [2.05, 4.69) is 18.9 Å². The topological polar surface area (TPSA) is 60.9 Å². The maximum Gasteiger partial charge on any atom is 0.207 e. The van der Waals surface area contributed by atoms with Crippen LogP contribution in [-0.4, -0.2) is 16.3 Å². The number of aromatic nitrogens is 2. The van der Waals surface area contributed by atoms with E-state index in [1.807, 2.05) is 28.9 Å². The van der Waals surface area contributed by atoms with E-state index in [-0.39, 0.29) is 10.8 Å². The fraction of sp³-hybridized carbons (Fsp3) is 0.500. The van der Waals surface area contributed by atoms with Gasteiger partial charge in [0.2, 0.25) is 5.43 Å². The Morgan fingerprint density at radius 3 is 2.75 bits per heavy atom. The van der Waals surface area contributed by atoms with Crippen molar-refractivity contribution in [1.82, 2.24) is 9.78 Å². The van der Waals surface area contributed by atoms with E-state index in [4.69, 9.17) is 5.73 Å². The van der Waals surface area contributed by atoms with Gasteiger partial charge >= 0.3 is 0 Å². The van der Waals surface area contributed by atoms with Crippen LogP contribution in [0.4, 0.5) is 0 Å². The minimum atomic E-state index is -0.0129. The molecule has 4 nitrogen and oxygen atoms in total. The highest BCUT2D eigenvalue weighted by atomic mass is 16.1. The van der Waals surface area contributed by atoms with Crippen molar-refractivity contribution in [3.8, 4) is 0 Å². The van der Waals surface area contributed by atoms with E-state index in [9.17, 15) is 4.79 Å². The Balaban J connectivity index is 2.04. The lowest BCUT2D eigenvalue weighted by atomic mass is 9.87. The van der Waals surface area contributed by atoms with Crippen molar-refractivity contribution >= 4 is 10.9 Å². The highest BCUT2D eigenvalue weighted by Crippen LogP contribution is 2.21. The van der Waals surface area contributed by atoms with Gasteiger partial charge in [-0.1, -0.05) is 32.4 Å². The summed E-state index contributed by atoms with van der Waals surface area (Å²) in [6, 6.07) is 7.64. The second-order valence-corrected chi connectivity index (χ2v) is 6.07. The molecule has 2 N–H and O–H groups in total. The van der Waals surface area contributed by atoms with Crippen LogP contribution in [0.3, 0.4) is 0 Å². The van der Waals surface area contributed by atoms with Crippen LogP contribution in [0.2, 0.25) is 0 Å². The summed E-state index contributed by atoms with van der Waals surface area (Å²) >= 11 is 0. The minimum absolute atomic E-state index is 0.0129. The standard InChI is InChI=1S/C16H23N3O/c1-16(2,12-17)9-5-6-10-19-14-8-4-3-7-13(14)15(20)11-18-19/h3-4,7-8,11H,5-6,9-10,12,17H2,1-2H3. The molecule has 2 aromatic rings. The van der Waals surface area contributed by atoms with Crippen molar-refractivity contribution in [2.24, 2.45) is 11.1 Å².